The van der Waals surface area contributed by atoms with Crippen LogP contribution in [0.25, 0.3) is 0 Å². The first-order valence-electron chi connectivity index (χ1n) is 10.0. The predicted molar refractivity (Wildman–Crippen MR) is 109 cm³/mol. The van der Waals surface area contributed by atoms with E-state index in [2.05, 4.69) is 9.88 Å². The molecule has 0 unspecified atom stereocenters. The average Bonchev–Trinajstić information content (AvgIpc) is 2.79. The van der Waals surface area contributed by atoms with Gasteiger partial charge in [0.2, 0.25) is 0 Å². The summed E-state index contributed by atoms with van der Waals surface area (Å²) in [6.07, 6.45) is 2.49. The molecule has 7 heteroatoms. The molecule has 4 rings (SSSR count). The van der Waals surface area contributed by atoms with Crippen LogP contribution in [-0.4, -0.2) is 55.8 Å². The van der Waals surface area contributed by atoms with Crippen molar-refractivity contribution in [1.82, 2.24) is 4.98 Å². The number of benzene rings is 1. The molecule has 1 amide bonds. The van der Waals surface area contributed by atoms with Gasteiger partial charge in [0.1, 0.15) is 5.82 Å². The number of aryl methyl sites for hydroxylation is 1. The van der Waals surface area contributed by atoms with Gasteiger partial charge in [-0.25, -0.2) is 9.78 Å². The molecule has 2 aromatic rings. The van der Waals surface area contributed by atoms with Crippen LogP contribution in [0.5, 0.6) is 0 Å². The number of pyridine rings is 1. The zero-order valence-electron chi connectivity index (χ0n) is 16.5. The van der Waals surface area contributed by atoms with Crippen LogP contribution in [-0.2, 0) is 20.7 Å². The van der Waals surface area contributed by atoms with Crippen molar-refractivity contribution < 1.29 is 19.1 Å². The molecule has 3 heterocycles. The van der Waals surface area contributed by atoms with Gasteiger partial charge in [-0.3, -0.25) is 4.79 Å². The Morgan fingerprint density at radius 3 is 2.66 bits per heavy atom. The van der Waals surface area contributed by atoms with Crippen LogP contribution in [0, 0.1) is 0 Å². The van der Waals surface area contributed by atoms with Crippen molar-refractivity contribution in [3.8, 4) is 0 Å². The number of amides is 1. The molecule has 0 aliphatic carbocycles. The van der Waals surface area contributed by atoms with Crippen LogP contribution in [0.1, 0.15) is 29.3 Å². The lowest BCUT2D eigenvalue weighted by Crippen LogP contribution is -2.42. The number of hydrogen-bond donors (Lipinski definition) is 0. The largest absolute Gasteiger partial charge is 0.449 e. The molecular formula is C22H25N3O4. The molecule has 152 valence electrons. The molecule has 2 aliphatic heterocycles. The van der Waals surface area contributed by atoms with Crippen LogP contribution < -0.4 is 9.80 Å². The lowest BCUT2D eigenvalue weighted by Gasteiger charge is -2.31. The van der Waals surface area contributed by atoms with Crippen LogP contribution in [0.15, 0.2) is 42.6 Å². The third-order valence-electron chi connectivity index (χ3n) is 5.33. The molecule has 0 saturated carbocycles. The maximum Gasteiger partial charge on any atom is 0.340 e. The summed E-state index contributed by atoms with van der Waals surface area (Å²) in [6, 6.07) is 11.4. The topological polar surface area (TPSA) is 72.0 Å². The minimum Gasteiger partial charge on any atom is -0.449 e. The lowest BCUT2D eigenvalue weighted by molar-refractivity contribution is -0.126. The van der Waals surface area contributed by atoms with Gasteiger partial charge in [-0.15, -0.1) is 0 Å². The van der Waals surface area contributed by atoms with Gasteiger partial charge in [-0.1, -0.05) is 18.2 Å². The third-order valence-corrected chi connectivity index (χ3v) is 5.33. The minimum atomic E-state index is -0.868. The second-order valence-electron chi connectivity index (χ2n) is 7.27. The van der Waals surface area contributed by atoms with Gasteiger partial charge >= 0.3 is 5.97 Å². The number of para-hydroxylation sites is 1. The molecular weight excluding hydrogens is 370 g/mol. The van der Waals surface area contributed by atoms with Gasteiger partial charge in [-0.05, 0) is 43.5 Å². The molecule has 1 aromatic heterocycles. The lowest BCUT2D eigenvalue weighted by atomic mass is 10.0. The third kappa shape index (κ3) is 4.24. The number of carbonyl (C=O) groups is 2. The Labute approximate surface area is 170 Å². The van der Waals surface area contributed by atoms with Gasteiger partial charge in [0, 0.05) is 31.5 Å². The van der Waals surface area contributed by atoms with E-state index in [0.717, 1.165) is 43.0 Å². The van der Waals surface area contributed by atoms with E-state index in [4.69, 9.17) is 9.47 Å². The molecule has 0 spiro atoms. The molecule has 0 bridgehead atoms. The molecule has 1 aromatic carbocycles. The Morgan fingerprint density at radius 2 is 1.90 bits per heavy atom. The number of hydrogen-bond acceptors (Lipinski definition) is 6. The van der Waals surface area contributed by atoms with E-state index in [-0.39, 0.29) is 5.91 Å². The number of ether oxygens (including phenoxy) is 2. The predicted octanol–water partition coefficient (Wildman–Crippen LogP) is 2.44. The van der Waals surface area contributed by atoms with Crippen molar-refractivity contribution >= 4 is 23.4 Å². The van der Waals surface area contributed by atoms with Crippen molar-refractivity contribution in [3.05, 3.63) is 53.7 Å². The van der Waals surface area contributed by atoms with E-state index >= 15 is 0 Å². The van der Waals surface area contributed by atoms with E-state index in [0.29, 0.717) is 25.3 Å². The monoisotopic (exact) mass is 395 g/mol. The minimum absolute atomic E-state index is 0.205. The molecule has 0 radical (unpaired) electrons. The maximum absolute atomic E-state index is 12.9. The number of carbonyl (C=O) groups excluding carboxylic acids is 2. The van der Waals surface area contributed by atoms with Crippen LogP contribution >= 0.6 is 0 Å². The fourth-order valence-electron chi connectivity index (χ4n) is 3.75. The van der Waals surface area contributed by atoms with E-state index in [9.17, 15) is 9.59 Å². The fourth-order valence-corrected chi connectivity index (χ4v) is 3.75. The zero-order chi connectivity index (χ0) is 20.2. The maximum atomic E-state index is 12.9. The molecule has 29 heavy (non-hydrogen) atoms. The average molecular weight is 395 g/mol. The summed E-state index contributed by atoms with van der Waals surface area (Å²) < 4.78 is 10.8. The molecule has 2 aliphatic rings. The quantitative estimate of drug-likeness (QED) is 0.741. The molecule has 1 atom stereocenters. The highest BCUT2D eigenvalue weighted by Gasteiger charge is 2.28. The van der Waals surface area contributed by atoms with Crippen molar-refractivity contribution in [2.75, 3.05) is 42.6 Å². The zero-order valence-corrected chi connectivity index (χ0v) is 16.5. The van der Waals surface area contributed by atoms with Gasteiger partial charge < -0.3 is 19.3 Å². The summed E-state index contributed by atoms with van der Waals surface area (Å²) in [5, 5.41) is 0. The summed E-state index contributed by atoms with van der Waals surface area (Å²) in [7, 11) is 0. The molecule has 0 N–H and O–H groups in total. The number of nitrogens with zero attached hydrogens (tertiary/aromatic N) is 3. The van der Waals surface area contributed by atoms with E-state index in [1.54, 1.807) is 24.0 Å². The van der Waals surface area contributed by atoms with Gasteiger partial charge in [0.15, 0.2) is 6.10 Å². The summed E-state index contributed by atoms with van der Waals surface area (Å²) >= 11 is 0. The first-order valence-corrected chi connectivity index (χ1v) is 10.0. The number of esters is 1. The molecule has 1 fully saturated rings. The summed E-state index contributed by atoms with van der Waals surface area (Å²) in [5.41, 5.74) is 2.39. The Morgan fingerprint density at radius 1 is 1.10 bits per heavy atom. The number of fused-ring (bicyclic) bond motifs is 1. The van der Waals surface area contributed by atoms with Crippen LogP contribution in [0.2, 0.25) is 0 Å². The number of aromatic nitrogens is 1. The van der Waals surface area contributed by atoms with E-state index < -0.39 is 12.1 Å². The van der Waals surface area contributed by atoms with Crippen LogP contribution in [0.3, 0.4) is 0 Å². The van der Waals surface area contributed by atoms with Crippen molar-refractivity contribution in [2.24, 2.45) is 0 Å². The first-order chi connectivity index (χ1) is 14.1. The second-order valence-corrected chi connectivity index (χ2v) is 7.27. The van der Waals surface area contributed by atoms with E-state index in [1.165, 1.54) is 6.20 Å². The van der Waals surface area contributed by atoms with Gasteiger partial charge in [-0.2, -0.15) is 0 Å². The van der Waals surface area contributed by atoms with Crippen LogP contribution in [0.4, 0.5) is 11.5 Å². The smallest absolute Gasteiger partial charge is 0.340 e. The number of rotatable bonds is 4. The first kappa shape index (κ1) is 19.4. The Hall–Kier alpha value is -2.93. The highest BCUT2D eigenvalue weighted by molar-refractivity contribution is 5.99. The fraction of sp³-hybridized carbons (Fsp3) is 0.409. The van der Waals surface area contributed by atoms with Gasteiger partial charge in [0.05, 0.1) is 18.8 Å². The van der Waals surface area contributed by atoms with E-state index in [1.807, 2.05) is 24.3 Å². The summed E-state index contributed by atoms with van der Waals surface area (Å²) in [4.78, 5) is 33.6. The number of morpholine rings is 1. The highest BCUT2D eigenvalue weighted by atomic mass is 16.5. The molecule has 1 saturated heterocycles. The standard InChI is InChI=1S/C22H25N3O4/c1-16(21(26)25-10-4-6-17-5-2-3-7-19(17)25)29-22(27)18-8-9-20(23-15-18)24-11-13-28-14-12-24/h2-3,5,7-9,15-16H,4,6,10-14H2,1H3/t16-/m0/s1. The van der Waals surface area contributed by atoms with Crippen molar-refractivity contribution in [1.29, 1.82) is 0 Å². The highest BCUT2D eigenvalue weighted by Crippen LogP contribution is 2.27. The second kappa shape index (κ2) is 8.61. The Balaban J connectivity index is 1.40. The molecule has 7 nitrogen and oxygen atoms in total. The normalized spacial score (nSPS) is 17.4. The Kier molecular flexibility index (Phi) is 5.76. The van der Waals surface area contributed by atoms with Crippen molar-refractivity contribution in [3.63, 3.8) is 0 Å². The van der Waals surface area contributed by atoms with Crippen molar-refractivity contribution in [2.45, 2.75) is 25.9 Å². The number of anilines is 2. The Bertz CT molecular complexity index is 878. The van der Waals surface area contributed by atoms with Gasteiger partial charge in [0.25, 0.3) is 5.91 Å². The summed E-state index contributed by atoms with van der Waals surface area (Å²) in [5.74, 6) is 0.0551. The summed E-state index contributed by atoms with van der Waals surface area (Å²) in [6.45, 7) is 5.15. The SMILES string of the molecule is C[C@H](OC(=O)c1ccc(N2CCOCC2)nc1)C(=O)N1CCCc2ccccc21.